The number of sulfone groups is 1. The third kappa shape index (κ3) is 4.47. The van der Waals surface area contributed by atoms with E-state index in [4.69, 9.17) is 0 Å². The maximum absolute atomic E-state index is 12.1. The average molecular weight is 294 g/mol. The van der Waals surface area contributed by atoms with E-state index in [1.807, 2.05) is 25.1 Å². The Bertz CT molecular complexity index is 651. The van der Waals surface area contributed by atoms with Crippen LogP contribution < -0.4 is 0 Å². The fourth-order valence-corrected chi connectivity index (χ4v) is 3.58. The number of rotatable bonds is 6. The minimum atomic E-state index is -3.34. The van der Waals surface area contributed by atoms with Crippen molar-refractivity contribution < 1.29 is 13.5 Å². The monoisotopic (exact) mass is 294 g/mol. The van der Waals surface area contributed by atoms with Gasteiger partial charge in [-0.25, -0.2) is 8.42 Å². The highest BCUT2D eigenvalue weighted by Crippen LogP contribution is 2.10. The van der Waals surface area contributed by atoms with Gasteiger partial charge in [-0.3, -0.25) is 4.68 Å². The molecule has 108 valence electrons. The molecule has 20 heavy (non-hydrogen) atoms. The highest BCUT2D eigenvalue weighted by atomic mass is 32.2. The van der Waals surface area contributed by atoms with Gasteiger partial charge in [-0.1, -0.05) is 29.8 Å². The Kier molecular flexibility index (Phi) is 4.57. The summed E-state index contributed by atoms with van der Waals surface area (Å²) in [4.78, 5) is 0. The summed E-state index contributed by atoms with van der Waals surface area (Å²) in [5.41, 5.74) is 1.77. The number of aliphatic hydroxyl groups is 1. The van der Waals surface area contributed by atoms with Crippen LogP contribution in [0.15, 0.2) is 42.7 Å². The summed E-state index contributed by atoms with van der Waals surface area (Å²) in [6, 6.07) is 9.11. The molecule has 0 saturated carbocycles. The third-order valence-electron chi connectivity index (χ3n) is 2.87. The summed E-state index contributed by atoms with van der Waals surface area (Å²) in [7, 11) is -3.34. The number of benzene rings is 1. The van der Waals surface area contributed by atoms with E-state index in [-0.39, 0.29) is 18.1 Å². The van der Waals surface area contributed by atoms with E-state index in [1.54, 1.807) is 24.5 Å². The summed E-state index contributed by atoms with van der Waals surface area (Å²) >= 11 is 0. The van der Waals surface area contributed by atoms with Crippen LogP contribution in [-0.4, -0.2) is 35.2 Å². The van der Waals surface area contributed by atoms with Crippen LogP contribution in [0.5, 0.6) is 0 Å². The summed E-state index contributed by atoms with van der Waals surface area (Å²) in [6.45, 7) is 2.10. The van der Waals surface area contributed by atoms with E-state index in [1.165, 1.54) is 4.68 Å². The zero-order valence-electron chi connectivity index (χ0n) is 11.3. The van der Waals surface area contributed by atoms with E-state index >= 15 is 0 Å². The van der Waals surface area contributed by atoms with Crippen molar-refractivity contribution in [3.63, 3.8) is 0 Å². The van der Waals surface area contributed by atoms with Crippen molar-refractivity contribution in [2.75, 3.05) is 5.75 Å². The molecule has 1 atom stereocenters. The van der Waals surface area contributed by atoms with Gasteiger partial charge < -0.3 is 5.11 Å². The van der Waals surface area contributed by atoms with E-state index in [9.17, 15) is 13.5 Å². The van der Waals surface area contributed by atoms with E-state index < -0.39 is 15.9 Å². The summed E-state index contributed by atoms with van der Waals surface area (Å²) < 4.78 is 25.6. The topological polar surface area (TPSA) is 72.2 Å². The first-order valence-electron chi connectivity index (χ1n) is 6.36. The Morgan fingerprint density at radius 3 is 2.80 bits per heavy atom. The quantitative estimate of drug-likeness (QED) is 0.868. The second-order valence-electron chi connectivity index (χ2n) is 4.93. The first-order chi connectivity index (χ1) is 9.44. The number of hydrogen-bond donors (Lipinski definition) is 1. The lowest BCUT2D eigenvalue weighted by molar-refractivity contribution is 0.171. The molecule has 0 radical (unpaired) electrons. The van der Waals surface area contributed by atoms with Crippen molar-refractivity contribution >= 4 is 9.84 Å². The van der Waals surface area contributed by atoms with Crippen molar-refractivity contribution in [3.8, 4) is 0 Å². The molecule has 1 aromatic heterocycles. The van der Waals surface area contributed by atoms with Crippen LogP contribution in [0, 0.1) is 6.92 Å². The number of aliphatic hydroxyl groups excluding tert-OH is 1. The largest absolute Gasteiger partial charge is 0.390 e. The van der Waals surface area contributed by atoms with Crippen molar-refractivity contribution in [2.24, 2.45) is 0 Å². The van der Waals surface area contributed by atoms with E-state index in [2.05, 4.69) is 5.10 Å². The Hall–Kier alpha value is -1.66. The second-order valence-corrected chi connectivity index (χ2v) is 7.03. The SMILES string of the molecule is Cc1cccc(CS(=O)(=O)C[C@H](O)Cn2cccn2)c1. The molecule has 2 aromatic rings. The van der Waals surface area contributed by atoms with Gasteiger partial charge in [-0.05, 0) is 18.6 Å². The molecule has 0 aliphatic heterocycles. The fourth-order valence-electron chi connectivity index (χ4n) is 2.08. The van der Waals surface area contributed by atoms with Gasteiger partial charge >= 0.3 is 0 Å². The Balaban J connectivity index is 1.96. The van der Waals surface area contributed by atoms with Crippen LogP contribution in [0.25, 0.3) is 0 Å². The molecule has 0 aliphatic rings. The molecule has 0 unspecified atom stereocenters. The van der Waals surface area contributed by atoms with Crippen LogP contribution in [0.1, 0.15) is 11.1 Å². The van der Waals surface area contributed by atoms with Crippen LogP contribution in [0.2, 0.25) is 0 Å². The molecular formula is C14H18N2O3S. The Morgan fingerprint density at radius 1 is 1.35 bits per heavy atom. The standard InChI is InChI=1S/C14H18N2O3S/c1-12-4-2-5-13(8-12)10-20(18,19)11-14(17)9-16-7-3-6-15-16/h2-8,14,17H,9-11H2,1H3/t14-/m1/s1. The van der Waals surface area contributed by atoms with Crippen LogP contribution in [-0.2, 0) is 22.1 Å². The maximum atomic E-state index is 12.1. The second kappa shape index (κ2) is 6.19. The average Bonchev–Trinajstić information content (AvgIpc) is 2.79. The molecule has 0 spiro atoms. The van der Waals surface area contributed by atoms with Gasteiger partial charge in [-0.2, -0.15) is 5.10 Å². The van der Waals surface area contributed by atoms with Crippen molar-refractivity contribution in [1.82, 2.24) is 9.78 Å². The minimum Gasteiger partial charge on any atom is -0.390 e. The third-order valence-corrected chi connectivity index (χ3v) is 4.54. The van der Waals surface area contributed by atoms with Crippen LogP contribution in [0.4, 0.5) is 0 Å². The molecule has 0 fully saturated rings. The molecule has 1 aromatic carbocycles. The maximum Gasteiger partial charge on any atom is 0.157 e. The lowest BCUT2D eigenvalue weighted by Crippen LogP contribution is -2.26. The van der Waals surface area contributed by atoms with Gasteiger partial charge in [0.25, 0.3) is 0 Å². The van der Waals surface area contributed by atoms with Gasteiger partial charge in [0.05, 0.1) is 24.2 Å². The smallest absolute Gasteiger partial charge is 0.157 e. The van der Waals surface area contributed by atoms with Crippen LogP contribution >= 0.6 is 0 Å². The normalized spacial score (nSPS) is 13.3. The lowest BCUT2D eigenvalue weighted by atomic mass is 10.2. The Morgan fingerprint density at radius 2 is 2.15 bits per heavy atom. The van der Waals surface area contributed by atoms with Gasteiger partial charge in [-0.15, -0.1) is 0 Å². The number of nitrogens with zero attached hydrogens (tertiary/aromatic N) is 2. The molecule has 6 heteroatoms. The molecule has 0 amide bonds. The molecule has 5 nitrogen and oxygen atoms in total. The zero-order chi connectivity index (χ0) is 14.6. The van der Waals surface area contributed by atoms with E-state index in [0.717, 1.165) is 11.1 Å². The fraction of sp³-hybridized carbons (Fsp3) is 0.357. The molecule has 0 saturated heterocycles. The predicted octanol–water partition coefficient (Wildman–Crippen LogP) is 1.17. The van der Waals surface area contributed by atoms with E-state index in [0.29, 0.717) is 0 Å². The molecule has 1 N–H and O–H groups in total. The molecule has 2 rings (SSSR count). The molecular weight excluding hydrogens is 276 g/mol. The zero-order valence-corrected chi connectivity index (χ0v) is 12.1. The van der Waals surface area contributed by atoms with Gasteiger partial charge in [0.2, 0.25) is 0 Å². The van der Waals surface area contributed by atoms with Gasteiger partial charge in [0, 0.05) is 12.4 Å². The lowest BCUT2D eigenvalue weighted by Gasteiger charge is -2.11. The minimum absolute atomic E-state index is 0.0507. The highest BCUT2D eigenvalue weighted by Gasteiger charge is 2.18. The molecule has 1 heterocycles. The number of hydrogen-bond acceptors (Lipinski definition) is 4. The predicted molar refractivity (Wildman–Crippen MR) is 76.9 cm³/mol. The summed E-state index contributed by atoms with van der Waals surface area (Å²) in [5.74, 6) is -0.314. The van der Waals surface area contributed by atoms with Gasteiger partial charge in [0.15, 0.2) is 9.84 Å². The summed E-state index contributed by atoms with van der Waals surface area (Å²) in [5, 5.41) is 13.8. The first-order valence-corrected chi connectivity index (χ1v) is 8.18. The highest BCUT2D eigenvalue weighted by molar-refractivity contribution is 7.90. The Labute approximate surface area is 118 Å². The van der Waals surface area contributed by atoms with Crippen molar-refractivity contribution in [2.45, 2.75) is 25.3 Å². The number of aryl methyl sites for hydroxylation is 1. The van der Waals surface area contributed by atoms with Crippen molar-refractivity contribution in [1.29, 1.82) is 0 Å². The first kappa shape index (κ1) is 14.7. The molecule has 0 aliphatic carbocycles. The number of aromatic nitrogens is 2. The summed E-state index contributed by atoms with van der Waals surface area (Å²) in [6.07, 6.45) is 2.33. The van der Waals surface area contributed by atoms with Crippen molar-refractivity contribution in [3.05, 3.63) is 53.9 Å². The molecule has 0 bridgehead atoms. The van der Waals surface area contributed by atoms with Crippen LogP contribution in [0.3, 0.4) is 0 Å². The van der Waals surface area contributed by atoms with Gasteiger partial charge in [0.1, 0.15) is 0 Å².